The van der Waals surface area contributed by atoms with Gasteiger partial charge in [-0.3, -0.25) is 0 Å². The number of ether oxygens (including phenoxy) is 1. The van der Waals surface area contributed by atoms with Crippen LogP contribution in [0.3, 0.4) is 0 Å². The van der Waals surface area contributed by atoms with Gasteiger partial charge < -0.3 is 4.74 Å². The van der Waals surface area contributed by atoms with Gasteiger partial charge in [0.05, 0.1) is 0 Å². The van der Waals surface area contributed by atoms with Crippen molar-refractivity contribution in [3.63, 3.8) is 0 Å². The highest BCUT2D eigenvalue weighted by Crippen LogP contribution is 2.25. The van der Waals surface area contributed by atoms with E-state index in [0.717, 1.165) is 0 Å². The van der Waals surface area contributed by atoms with Gasteiger partial charge >= 0.3 is 0 Å². The van der Waals surface area contributed by atoms with Crippen LogP contribution in [0.1, 0.15) is 0 Å². The lowest BCUT2D eigenvalue weighted by atomic mass is 10.2. The van der Waals surface area contributed by atoms with Crippen molar-refractivity contribution in [2.45, 2.75) is 4.51 Å². The van der Waals surface area contributed by atoms with Gasteiger partial charge in [0, 0.05) is 13.5 Å². The first-order valence-electron chi connectivity index (χ1n) is 2.71. The molecule has 0 bridgehead atoms. The Morgan fingerprint density at radius 3 is 2.22 bits per heavy atom. The highest BCUT2D eigenvalue weighted by molar-refractivity contribution is 9.10. The Hall–Kier alpha value is -0.0800. The van der Waals surface area contributed by atoms with E-state index in [0.29, 0.717) is 0 Å². The summed E-state index contributed by atoms with van der Waals surface area (Å²) in [6.45, 7) is 0. The highest BCUT2D eigenvalue weighted by Gasteiger charge is 2.18. The fourth-order valence-electron chi connectivity index (χ4n) is 0.629. The molecule has 0 saturated carbocycles. The van der Waals surface area contributed by atoms with Gasteiger partial charge in [-0.2, -0.15) is 0 Å². The molecule has 0 amide bonds. The van der Waals surface area contributed by atoms with E-state index < -0.39 is 0 Å². The first-order chi connectivity index (χ1) is 4.27. The van der Waals surface area contributed by atoms with Crippen LogP contribution in [0.4, 0.5) is 0 Å². The Bertz CT molecular complexity index is 137. The number of allylic oxidation sites excluding steroid dienone is 2. The van der Waals surface area contributed by atoms with Crippen molar-refractivity contribution in [1.29, 1.82) is 0 Å². The molecule has 0 unspecified atom stereocenters. The molecule has 0 spiro atoms. The maximum atomic E-state index is 5.10. The van der Waals surface area contributed by atoms with Crippen LogP contribution in [0, 0.1) is 6.42 Å². The fraction of sp³-hybridized carbons (Fsp3) is 0.286. The SMILES string of the molecule is COC1(Br)C=C[CH]C=C1. The number of hydrogen-bond acceptors (Lipinski definition) is 1. The zero-order chi connectivity index (χ0) is 6.74. The molecular formula is C7H8BrO. The molecule has 0 aliphatic heterocycles. The quantitative estimate of drug-likeness (QED) is 0.572. The second-order valence-electron chi connectivity index (χ2n) is 1.81. The van der Waals surface area contributed by atoms with Gasteiger partial charge in [0.2, 0.25) is 0 Å². The molecule has 1 rings (SSSR count). The van der Waals surface area contributed by atoms with Crippen LogP contribution in [-0.2, 0) is 4.74 Å². The van der Waals surface area contributed by atoms with Crippen LogP contribution >= 0.6 is 15.9 Å². The lowest BCUT2D eigenvalue weighted by Crippen LogP contribution is -2.17. The van der Waals surface area contributed by atoms with Crippen LogP contribution in [0.5, 0.6) is 0 Å². The van der Waals surface area contributed by atoms with Crippen LogP contribution < -0.4 is 0 Å². The summed E-state index contributed by atoms with van der Waals surface area (Å²) in [5.41, 5.74) is 0. The lowest BCUT2D eigenvalue weighted by molar-refractivity contribution is 0.155. The monoisotopic (exact) mass is 187 g/mol. The van der Waals surface area contributed by atoms with E-state index in [-0.39, 0.29) is 4.51 Å². The van der Waals surface area contributed by atoms with Crippen LogP contribution in [0.25, 0.3) is 0 Å². The minimum Gasteiger partial charge on any atom is -0.360 e. The summed E-state index contributed by atoms with van der Waals surface area (Å²) >= 11 is 3.38. The smallest absolute Gasteiger partial charge is 0.159 e. The van der Waals surface area contributed by atoms with Crippen molar-refractivity contribution >= 4 is 15.9 Å². The maximum absolute atomic E-state index is 5.10. The van der Waals surface area contributed by atoms with E-state index in [9.17, 15) is 0 Å². The van der Waals surface area contributed by atoms with Crippen molar-refractivity contribution in [2.24, 2.45) is 0 Å². The van der Waals surface area contributed by atoms with Crippen molar-refractivity contribution in [3.05, 3.63) is 30.7 Å². The summed E-state index contributed by atoms with van der Waals surface area (Å²) in [4.78, 5) is 0. The van der Waals surface area contributed by atoms with Gasteiger partial charge in [-0.1, -0.05) is 12.2 Å². The topological polar surface area (TPSA) is 9.23 Å². The third-order valence-corrected chi connectivity index (χ3v) is 2.03. The second kappa shape index (κ2) is 2.67. The molecule has 49 valence electrons. The first-order valence-corrected chi connectivity index (χ1v) is 3.51. The standard InChI is InChI=1S/C7H8BrO/c1-9-7(8)5-3-2-4-6-7/h2-6H,1H3. The van der Waals surface area contributed by atoms with Crippen LogP contribution in [0.15, 0.2) is 24.3 Å². The Kier molecular flexibility index (Phi) is 2.09. The molecule has 9 heavy (non-hydrogen) atoms. The zero-order valence-corrected chi connectivity index (χ0v) is 6.76. The number of rotatable bonds is 1. The molecule has 1 radical (unpaired) electrons. The average molecular weight is 188 g/mol. The number of halogens is 1. The normalized spacial score (nSPS) is 22.4. The van der Waals surface area contributed by atoms with Gasteiger partial charge in [-0.25, -0.2) is 0 Å². The maximum Gasteiger partial charge on any atom is 0.159 e. The predicted octanol–water partition coefficient (Wildman–Crippen LogP) is 2.05. The van der Waals surface area contributed by atoms with Crippen molar-refractivity contribution in [3.8, 4) is 0 Å². The molecule has 0 N–H and O–H groups in total. The third-order valence-electron chi connectivity index (χ3n) is 1.18. The molecule has 0 saturated heterocycles. The molecule has 2 heteroatoms. The largest absolute Gasteiger partial charge is 0.360 e. The van der Waals surface area contributed by atoms with Gasteiger partial charge in [-0.05, 0) is 28.1 Å². The highest BCUT2D eigenvalue weighted by atomic mass is 79.9. The molecule has 0 aromatic rings. The van der Waals surface area contributed by atoms with Crippen molar-refractivity contribution < 1.29 is 4.74 Å². The number of alkyl halides is 1. The van der Waals surface area contributed by atoms with Gasteiger partial charge in [0.15, 0.2) is 4.51 Å². The summed E-state index contributed by atoms with van der Waals surface area (Å²) < 4.78 is 4.74. The molecule has 1 aliphatic carbocycles. The molecule has 1 nitrogen and oxygen atoms in total. The minimum absolute atomic E-state index is 0.359. The Morgan fingerprint density at radius 1 is 1.33 bits per heavy atom. The predicted molar refractivity (Wildman–Crippen MR) is 41.2 cm³/mol. The number of methoxy groups -OCH3 is 1. The summed E-state index contributed by atoms with van der Waals surface area (Å²) in [5, 5.41) is 0. The molecule has 1 aliphatic rings. The number of hydrogen-bond donors (Lipinski definition) is 0. The molecule has 0 heterocycles. The molecule has 0 atom stereocenters. The minimum atomic E-state index is -0.359. The van der Waals surface area contributed by atoms with E-state index in [1.54, 1.807) is 7.11 Å². The Labute approximate surface area is 63.5 Å². The second-order valence-corrected chi connectivity index (χ2v) is 3.05. The average Bonchev–Trinajstić information content (AvgIpc) is 1.90. The summed E-state index contributed by atoms with van der Waals surface area (Å²) in [6.07, 6.45) is 9.72. The van der Waals surface area contributed by atoms with Crippen molar-refractivity contribution in [1.82, 2.24) is 0 Å². The van der Waals surface area contributed by atoms with E-state index in [4.69, 9.17) is 4.74 Å². The first kappa shape index (κ1) is 7.03. The van der Waals surface area contributed by atoms with E-state index >= 15 is 0 Å². The van der Waals surface area contributed by atoms with Gasteiger partial charge in [0.25, 0.3) is 0 Å². The van der Waals surface area contributed by atoms with Crippen molar-refractivity contribution in [2.75, 3.05) is 7.11 Å². The fourth-order valence-corrected chi connectivity index (χ4v) is 0.935. The van der Waals surface area contributed by atoms with Crippen LogP contribution in [0.2, 0.25) is 0 Å². The van der Waals surface area contributed by atoms with Crippen LogP contribution in [-0.4, -0.2) is 11.6 Å². The third kappa shape index (κ3) is 1.66. The summed E-state index contributed by atoms with van der Waals surface area (Å²) in [6, 6.07) is 0. The van der Waals surface area contributed by atoms with Gasteiger partial charge in [-0.15, -0.1) is 0 Å². The molecule has 0 fully saturated rings. The van der Waals surface area contributed by atoms with E-state index in [2.05, 4.69) is 15.9 Å². The van der Waals surface area contributed by atoms with E-state index in [1.165, 1.54) is 0 Å². The summed E-state index contributed by atoms with van der Waals surface area (Å²) in [5.74, 6) is 0. The van der Waals surface area contributed by atoms with E-state index in [1.807, 2.05) is 30.7 Å². The Balaban J connectivity index is 2.67. The molecule has 0 aromatic carbocycles. The Morgan fingerprint density at radius 2 is 1.89 bits per heavy atom. The lowest BCUT2D eigenvalue weighted by Gasteiger charge is -2.19. The van der Waals surface area contributed by atoms with Gasteiger partial charge in [0.1, 0.15) is 0 Å². The molecule has 0 aromatic heterocycles. The summed E-state index contributed by atoms with van der Waals surface area (Å²) in [7, 11) is 1.66. The molecular weight excluding hydrogens is 180 g/mol. The zero-order valence-electron chi connectivity index (χ0n) is 5.17.